The fourth-order valence-electron chi connectivity index (χ4n) is 0.261. The Balaban J connectivity index is 3.00. The van der Waals surface area contributed by atoms with Gasteiger partial charge in [0.25, 0.3) is 0 Å². The Hall–Kier alpha value is -0.130. The van der Waals surface area contributed by atoms with E-state index >= 15 is 0 Å². The molecular formula is C2H7N2O2S+. The molecule has 0 unspecified atom stereocenters. The monoisotopic (exact) mass is 123 g/mol. The van der Waals surface area contributed by atoms with Crippen LogP contribution < -0.4 is 4.83 Å². The average Bonchev–Trinajstić information content (AvgIpc) is 1.63. The minimum atomic E-state index is -2.91. The summed E-state index contributed by atoms with van der Waals surface area (Å²) in [5.41, 5.74) is 0. The van der Waals surface area contributed by atoms with Crippen LogP contribution in [0.3, 0.4) is 0 Å². The summed E-state index contributed by atoms with van der Waals surface area (Å²) in [6.07, 6.45) is 0. The van der Waals surface area contributed by atoms with Crippen LogP contribution in [-0.2, 0) is 10.2 Å². The normalized spacial score (nSPS) is 32.3. The van der Waals surface area contributed by atoms with Crippen molar-refractivity contribution in [1.82, 2.24) is 4.83 Å². The third kappa shape index (κ3) is 0.531. The van der Waals surface area contributed by atoms with Crippen LogP contribution in [0.5, 0.6) is 0 Å². The van der Waals surface area contributed by atoms with Crippen LogP contribution in [0.1, 0.15) is 0 Å². The van der Waals surface area contributed by atoms with Crippen LogP contribution >= 0.6 is 0 Å². The number of nitrogens with one attached hydrogen (secondary N) is 1. The maximum absolute atomic E-state index is 10.3. The second-order valence-electron chi connectivity index (χ2n) is 1.92. The molecule has 42 valence electrons. The molecule has 5 heteroatoms. The summed E-state index contributed by atoms with van der Waals surface area (Å²) in [4.78, 5) is 2.26. The van der Waals surface area contributed by atoms with Gasteiger partial charge in [0.1, 0.15) is 14.1 Å². The molecule has 0 saturated carbocycles. The van der Waals surface area contributed by atoms with Gasteiger partial charge in [0.15, 0.2) is 0 Å². The Labute approximate surface area is 42.5 Å². The highest BCUT2D eigenvalue weighted by Gasteiger charge is 2.55. The molecule has 1 rings (SSSR count). The second-order valence-corrected chi connectivity index (χ2v) is 3.96. The van der Waals surface area contributed by atoms with Crippen molar-refractivity contribution in [3.8, 4) is 0 Å². The Kier molecular flexibility index (Phi) is 0.602. The first-order valence-corrected chi connectivity index (χ1v) is 3.28. The Morgan fingerprint density at radius 3 is 1.57 bits per heavy atom. The number of nitrogens with zero attached hydrogens (tertiary/aromatic N) is 1. The van der Waals surface area contributed by atoms with Gasteiger partial charge in [-0.1, -0.05) is 0 Å². The quantitative estimate of drug-likeness (QED) is 0.326. The fourth-order valence-corrected chi connectivity index (χ4v) is 0.966. The molecule has 7 heavy (non-hydrogen) atoms. The van der Waals surface area contributed by atoms with Crippen molar-refractivity contribution in [2.75, 3.05) is 14.1 Å². The predicted molar refractivity (Wildman–Crippen MR) is 24.2 cm³/mol. The molecule has 0 aliphatic carbocycles. The molecule has 0 aromatic carbocycles. The van der Waals surface area contributed by atoms with Crippen LogP contribution in [0.2, 0.25) is 0 Å². The SMILES string of the molecule is C[N+]1(C)NS1(=O)=O. The molecule has 0 aromatic heterocycles. The van der Waals surface area contributed by atoms with E-state index in [0.29, 0.717) is 0 Å². The number of rotatable bonds is 0. The molecule has 1 saturated heterocycles. The van der Waals surface area contributed by atoms with Gasteiger partial charge in [0.05, 0.1) is 0 Å². The van der Waals surface area contributed by atoms with Crippen molar-refractivity contribution < 1.29 is 12.4 Å². The summed E-state index contributed by atoms with van der Waals surface area (Å²) in [6.45, 7) is 0. The van der Waals surface area contributed by atoms with Crippen LogP contribution in [-0.4, -0.2) is 26.5 Å². The molecule has 0 amide bonds. The first-order valence-electron chi connectivity index (χ1n) is 1.84. The molecule has 0 spiro atoms. The highest BCUT2D eigenvalue weighted by atomic mass is 32.2. The fraction of sp³-hybridized carbons (Fsp3) is 1.00. The van der Waals surface area contributed by atoms with Gasteiger partial charge in [-0.2, -0.15) is 8.42 Å². The molecule has 0 bridgehead atoms. The number of quaternary nitrogens is 1. The lowest BCUT2D eigenvalue weighted by Gasteiger charge is -1.85. The van der Waals surface area contributed by atoms with Crippen molar-refractivity contribution in [2.45, 2.75) is 0 Å². The molecule has 1 fully saturated rings. The molecule has 1 aliphatic rings. The maximum atomic E-state index is 10.3. The van der Waals surface area contributed by atoms with Crippen LogP contribution in [0.25, 0.3) is 0 Å². The van der Waals surface area contributed by atoms with Gasteiger partial charge in [0.2, 0.25) is 0 Å². The topological polar surface area (TPSA) is 56.1 Å². The van der Waals surface area contributed by atoms with E-state index in [-0.39, 0.29) is 4.00 Å². The summed E-state index contributed by atoms with van der Waals surface area (Å²) in [6, 6.07) is 0. The summed E-state index contributed by atoms with van der Waals surface area (Å²) in [7, 11) is 0.222. The van der Waals surface area contributed by atoms with Gasteiger partial charge in [-0.05, 0) is 0 Å². The molecule has 1 aliphatic heterocycles. The van der Waals surface area contributed by atoms with Crippen molar-refractivity contribution in [3.05, 3.63) is 0 Å². The van der Waals surface area contributed by atoms with Crippen molar-refractivity contribution in [2.24, 2.45) is 0 Å². The first-order chi connectivity index (χ1) is 2.96. The van der Waals surface area contributed by atoms with Gasteiger partial charge in [-0.3, -0.25) is 0 Å². The van der Waals surface area contributed by atoms with E-state index in [2.05, 4.69) is 4.83 Å². The zero-order valence-electron chi connectivity index (χ0n) is 4.17. The van der Waals surface area contributed by atoms with E-state index in [1.807, 2.05) is 0 Å². The summed E-state index contributed by atoms with van der Waals surface area (Å²) in [5, 5.41) is 0. The molecule has 4 nitrogen and oxygen atoms in total. The van der Waals surface area contributed by atoms with Gasteiger partial charge in [0, 0.05) is 4.83 Å². The Bertz CT molecular complexity index is 180. The highest BCUT2D eigenvalue weighted by molar-refractivity contribution is 7.88. The molecule has 0 atom stereocenters. The minimum Gasteiger partial charge on any atom is -0.151 e. The minimum absolute atomic E-state index is 0.0764. The van der Waals surface area contributed by atoms with Gasteiger partial charge >= 0.3 is 10.2 Å². The first kappa shape index (κ1) is 5.02. The zero-order chi connectivity index (χ0) is 5.71. The molecule has 1 N–H and O–H groups in total. The molecule has 0 radical (unpaired) electrons. The number of hydrogen-bond acceptors (Lipinski definition) is 2. The summed E-state index contributed by atoms with van der Waals surface area (Å²) >= 11 is 0. The molecule has 1 heterocycles. The van der Waals surface area contributed by atoms with Crippen LogP contribution in [0.4, 0.5) is 0 Å². The largest absolute Gasteiger partial charge is 0.432 e. The maximum Gasteiger partial charge on any atom is 0.432 e. The van der Waals surface area contributed by atoms with Crippen molar-refractivity contribution in [3.63, 3.8) is 0 Å². The Morgan fingerprint density at radius 2 is 1.57 bits per heavy atom. The van der Waals surface area contributed by atoms with Crippen molar-refractivity contribution in [1.29, 1.82) is 0 Å². The average molecular weight is 123 g/mol. The summed E-state index contributed by atoms with van der Waals surface area (Å²) < 4.78 is 20.4. The van der Waals surface area contributed by atoms with E-state index in [0.717, 1.165) is 0 Å². The molecule has 0 aromatic rings. The third-order valence-electron chi connectivity index (χ3n) is 0.904. The zero-order valence-corrected chi connectivity index (χ0v) is 4.99. The van der Waals surface area contributed by atoms with E-state index in [4.69, 9.17) is 0 Å². The standard InChI is InChI=1S/C2H7N2O2S/c1-4(2)3-7(4,5)6/h3H,1-2H3/q+1. The van der Waals surface area contributed by atoms with E-state index in [1.54, 1.807) is 14.1 Å². The smallest absolute Gasteiger partial charge is 0.151 e. The van der Waals surface area contributed by atoms with Crippen LogP contribution in [0.15, 0.2) is 0 Å². The van der Waals surface area contributed by atoms with E-state index in [9.17, 15) is 8.42 Å². The van der Waals surface area contributed by atoms with E-state index < -0.39 is 10.2 Å². The van der Waals surface area contributed by atoms with Gasteiger partial charge in [-0.25, -0.2) is 0 Å². The van der Waals surface area contributed by atoms with Crippen molar-refractivity contribution >= 4 is 10.2 Å². The molecular weight excluding hydrogens is 116 g/mol. The third-order valence-corrected chi connectivity index (χ3v) is 2.71. The van der Waals surface area contributed by atoms with Crippen LogP contribution in [0, 0.1) is 0 Å². The lowest BCUT2D eigenvalue weighted by Crippen LogP contribution is -2.16. The number of hydrogen-bond donors (Lipinski definition) is 1. The second kappa shape index (κ2) is 0.841. The highest BCUT2D eigenvalue weighted by Crippen LogP contribution is 2.16. The lowest BCUT2D eigenvalue weighted by molar-refractivity contribution is -0.721. The van der Waals surface area contributed by atoms with Gasteiger partial charge in [-0.15, -0.1) is 4.00 Å². The lowest BCUT2D eigenvalue weighted by atomic mass is 11.2. The van der Waals surface area contributed by atoms with Gasteiger partial charge < -0.3 is 0 Å². The Morgan fingerprint density at radius 1 is 1.43 bits per heavy atom. The summed E-state index contributed by atoms with van der Waals surface area (Å²) in [5.74, 6) is 0. The predicted octanol–water partition coefficient (Wildman–Crippen LogP) is -1.17. The van der Waals surface area contributed by atoms with E-state index in [1.165, 1.54) is 0 Å².